The predicted molar refractivity (Wildman–Crippen MR) is 90.8 cm³/mol. The molecule has 0 spiro atoms. The van der Waals surface area contributed by atoms with Crippen LogP contribution in [-0.4, -0.2) is 50.0 Å². The minimum atomic E-state index is -3.68. The number of hydrogen-bond donors (Lipinski definition) is 1. The Kier molecular flexibility index (Phi) is 4.55. The molecule has 0 saturated carbocycles. The highest BCUT2D eigenvalue weighted by Gasteiger charge is 2.29. The van der Waals surface area contributed by atoms with Gasteiger partial charge >= 0.3 is 5.97 Å². The third-order valence-electron chi connectivity index (χ3n) is 4.08. The Hall–Kier alpha value is -2.38. The van der Waals surface area contributed by atoms with Gasteiger partial charge in [0.2, 0.25) is 10.0 Å². The standard InChI is InChI=1S/C17H18N2O4S/c20-17(21)14-5-4-8-16(13-14)24(22,23)19-11-9-18(10-12-19)15-6-2-1-3-7-15/h1-8,13H,9-12H2,(H,20,21). The van der Waals surface area contributed by atoms with Crippen LogP contribution in [0.2, 0.25) is 0 Å². The van der Waals surface area contributed by atoms with Crippen LogP contribution in [0.25, 0.3) is 0 Å². The summed E-state index contributed by atoms with van der Waals surface area (Å²) in [6.45, 7) is 1.94. The Bertz CT molecular complexity index is 829. The number of benzene rings is 2. The zero-order chi connectivity index (χ0) is 17.2. The van der Waals surface area contributed by atoms with Crippen molar-refractivity contribution in [2.75, 3.05) is 31.1 Å². The van der Waals surface area contributed by atoms with E-state index < -0.39 is 16.0 Å². The molecule has 2 aromatic rings. The maximum Gasteiger partial charge on any atom is 0.335 e. The molecule has 0 unspecified atom stereocenters. The summed E-state index contributed by atoms with van der Waals surface area (Å²) in [4.78, 5) is 13.2. The van der Waals surface area contributed by atoms with Crippen molar-refractivity contribution >= 4 is 21.7 Å². The van der Waals surface area contributed by atoms with Crippen molar-refractivity contribution in [2.24, 2.45) is 0 Å². The number of piperazine rings is 1. The van der Waals surface area contributed by atoms with Gasteiger partial charge in [-0.3, -0.25) is 0 Å². The number of carbonyl (C=O) groups is 1. The van der Waals surface area contributed by atoms with Crippen LogP contribution in [-0.2, 0) is 10.0 Å². The van der Waals surface area contributed by atoms with Crippen molar-refractivity contribution in [2.45, 2.75) is 4.90 Å². The van der Waals surface area contributed by atoms with Gasteiger partial charge in [-0.15, -0.1) is 0 Å². The molecule has 0 bridgehead atoms. The van der Waals surface area contributed by atoms with Gasteiger partial charge in [0, 0.05) is 31.9 Å². The third kappa shape index (κ3) is 3.27. The summed E-state index contributed by atoms with van der Waals surface area (Å²) in [5.74, 6) is -1.14. The fourth-order valence-electron chi connectivity index (χ4n) is 2.76. The highest BCUT2D eigenvalue weighted by molar-refractivity contribution is 7.89. The molecular weight excluding hydrogens is 328 g/mol. The molecule has 24 heavy (non-hydrogen) atoms. The van der Waals surface area contributed by atoms with Gasteiger partial charge in [0.05, 0.1) is 10.5 Å². The zero-order valence-corrected chi connectivity index (χ0v) is 13.8. The Morgan fingerprint density at radius 1 is 0.917 bits per heavy atom. The number of sulfonamides is 1. The zero-order valence-electron chi connectivity index (χ0n) is 13.0. The number of carboxylic acid groups (broad SMARTS) is 1. The molecule has 2 aromatic carbocycles. The summed E-state index contributed by atoms with van der Waals surface area (Å²) in [7, 11) is -3.68. The van der Waals surface area contributed by atoms with E-state index in [1.54, 1.807) is 0 Å². The van der Waals surface area contributed by atoms with E-state index >= 15 is 0 Å². The van der Waals surface area contributed by atoms with Crippen LogP contribution in [0.4, 0.5) is 5.69 Å². The summed E-state index contributed by atoms with van der Waals surface area (Å²) in [6.07, 6.45) is 0. The van der Waals surface area contributed by atoms with E-state index in [4.69, 9.17) is 5.11 Å². The number of carboxylic acids is 1. The Labute approximate surface area is 141 Å². The minimum absolute atomic E-state index is 0.0237. The van der Waals surface area contributed by atoms with Gasteiger partial charge < -0.3 is 10.0 Å². The summed E-state index contributed by atoms with van der Waals surface area (Å²) < 4.78 is 26.8. The molecule has 0 atom stereocenters. The first-order valence-corrected chi connectivity index (χ1v) is 9.06. The molecule has 1 heterocycles. The molecule has 1 N–H and O–H groups in total. The average Bonchev–Trinajstić information content (AvgIpc) is 2.62. The molecule has 0 radical (unpaired) electrons. The molecule has 1 aliphatic rings. The molecule has 7 heteroatoms. The molecule has 0 amide bonds. The number of rotatable bonds is 4. The maximum atomic E-state index is 12.7. The molecule has 3 rings (SSSR count). The van der Waals surface area contributed by atoms with E-state index in [1.807, 2.05) is 30.3 Å². The summed E-state index contributed by atoms with van der Waals surface area (Å²) in [5.41, 5.74) is 1.04. The lowest BCUT2D eigenvalue weighted by molar-refractivity contribution is 0.0696. The average molecular weight is 346 g/mol. The molecular formula is C17H18N2O4S. The lowest BCUT2D eigenvalue weighted by Gasteiger charge is -2.35. The maximum absolute atomic E-state index is 12.7. The third-order valence-corrected chi connectivity index (χ3v) is 5.97. The topological polar surface area (TPSA) is 77.9 Å². The lowest BCUT2D eigenvalue weighted by atomic mass is 10.2. The second-order valence-electron chi connectivity index (χ2n) is 5.56. The Morgan fingerprint density at radius 3 is 2.21 bits per heavy atom. The number of nitrogens with zero attached hydrogens (tertiary/aromatic N) is 2. The van der Waals surface area contributed by atoms with Crippen LogP contribution in [0.3, 0.4) is 0 Å². The predicted octanol–water partition coefficient (Wildman–Crippen LogP) is 1.90. The SMILES string of the molecule is O=C(O)c1cccc(S(=O)(=O)N2CCN(c3ccccc3)CC2)c1. The van der Waals surface area contributed by atoms with Gasteiger partial charge in [0.1, 0.15) is 0 Å². The van der Waals surface area contributed by atoms with E-state index in [2.05, 4.69) is 4.90 Å². The summed E-state index contributed by atoms with van der Waals surface area (Å²) >= 11 is 0. The molecule has 0 aromatic heterocycles. The van der Waals surface area contributed by atoms with Gasteiger partial charge in [-0.2, -0.15) is 4.31 Å². The minimum Gasteiger partial charge on any atom is -0.478 e. The van der Waals surface area contributed by atoms with Crippen LogP contribution in [0, 0.1) is 0 Å². The fourth-order valence-corrected chi connectivity index (χ4v) is 4.23. The second kappa shape index (κ2) is 6.62. The second-order valence-corrected chi connectivity index (χ2v) is 7.50. The largest absolute Gasteiger partial charge is 0.478 e. The molecule has 1 fully saturated rings. The molecule has 1 aliphatic heterocycles. The molecule has 0 aliphatic carbocycles. The summed E-state index contributed by atoms with van der Waals surface area (Å²) in [6, 6.07) is 15.3. The van der Waals surface area contributed by atoms with E-state index in [0.29, 0.717) is 26.2 Å². The number of aromatic carboxylic acids is 1. The van der Waals surface area contributed by atoms with Gasteiger partial charge in [-0.05, 0) is 30.3 Å². The highest BCUT2D eigenvalue weighted by atomic mass is 32.2. The molecule has 1 saturated heterocycles. The van der Waals surface area contributed by atoms with Gasteiger partial charge in [0.15, 0.2) is 0 Å². The van der Waals surface area contributed by atoms with Crippen LogP contribution >= 0.6 is 0 Å². The smallest absolute Gasteiger partial charge is 0.335 e. The van der Waals surface area contributed by atoms with Gasteiger partial charge in [-0.1, -0.05) is 24.3 Å². The van der Waals surface area contributed by atoms with Crippen LogP contribution < -0.4 is 4.90 Å². The quantitative estimate of drug-likeness (QED) is 0.915. The first-order valence-electron chi connectivity index (χ1n) is 7.62. The number of anilines is 1. The number of hydrogen-bond acceptors (Lipinski definition) is 4. The Balaban J connectivity index is 1.75. The van der Waals surface area contributed by atoms with Crippen molar-refractivity contribution in [1.82, 2.24) is 4.31 Å². The van der Waals surface area contributed by atoms with Crippen LogP contribution in [0.5, 0.6) is 0 Å². The number of para-hydroxylation sites is 1. The Morgan fingerprint density at radius 2 is 1.58 bits per heavy atom. The van der Waals surface area contributed by atoms with Crippen molar-refractivity contribution in [3.05, 3.63) is 60.2 Å². The highest BCUT2D eigenvalue weighted by Crippen LogP contribution is 2.21. The molecule has 6 nitrogen and oxygen atoms in total. The van der Waals surface area contributed by atoms with Crippen molar-refractivity contribution in [3.8, 4) is 0 Å². The fraction of sp³-hybridized carbons (Fsp3) is 0.235. The van der Waals surface area contributed by atoms with E-state index in [9.17, 15) is 13.2 Å². The lowest BCUT2D eigenvalue weighted by Crippen LogP contribution is -2.48. The van der Waals surface area contributed by atoms with Gasteiger partial charge in [0.25, 0.3) is 0 Å². The van der Waals surface area contributed by atoms with Crippen LogP contribution in [0.1, 0.15) is 10.4 Å². The van der Waals surface area contributed by atoms with Crippen molar-refractivity contribution in [3.63, 3.8) is 0 Å². The van der Waals surface area contributed by atoms with E-state index in [1.165, 1.54) is 28.6 Å². The van der Waals surface area contributed by atoms with Crippen molar-refractivity contribution in [1.29, 1.82) is 0 Å². The van der Waals surface area contributed by atoms with Crippen LogP contribution in [0.15, 0.2) is 59.5 Å². The molecule has 126 valence electrons. The van der Waals surface area contributed by atoms with E-state index in [-0.39, 0.29) is 10.5 Å². The first-order chi connectivity index (χ1) is 11.5. The summed E-state index contributed by atoms with van der Waals surface area (Å²) in [5, 5.41) is 9.03. The first kappa shape index (κ1) is 16.5. The van der Waals surface area contributed by atoms with E-state index in [0.717, 1.165) is 5.69 Å². The normalized spacial score (nSPS) is 16.1. The monoisotopic (exact) mass is 346 g/mol. The van der Waals surface area contributed by atoms with Gasteiger partial charge in [-0.25, -0.2) is 13.2 Å². The van der Waals surface area contributed by atoms with Crippen molar-refractivity contribution < 1.29 is 18.3 Å².